The van der Waals surface area contributed by atoms with Gasteiger partial charge in [0.1, 0.15) is 18.2 Å². The van der Waals surface area contributed by atoms with Crippen LogP contribution in [0.25, 0.3) is 131 Å². The molecule has 14 aromatic carbocycles. The van der Waals surface area contributed by atoms with Gasteiger partial charge in [-0.25, -0.2) is 0 Å². The number of carbonyl (C=O) groups excluding carboxylic acids is 2. The predicted octanol–water partition coefficient (Wildman–Crippen LogP) is 18.5. The van der Waals surface area contributed by atoms with Gasteiger partial charge in [0.25, 0.3) is 0 Å². The third kappa shape index (κ3) is 20.2. The monoisotopic (exact) mass is 2140 g/mol. The van der Waals surface area contributed by atoms with E-state index in [0.717, 1.165) is 69.0 Å². The number of carboxylic acid groups (broad SMARTS) is 2. The van der Waals surface area contributed by atoms with Crippen molar-refractivity contribution in [2.24, 2.45) is 7.05 Å². The summed E-state index contributed by atoms with van der Waals surface area (Å²) in [6.45, 7) is 23.5. The molecule has 0 N–H and O–H groups in total. The van der Waals surface area contributed by atoms with Gasteiger partial charge >= 0.3 is 138 Å². The van der Waals surface area contributed by atoms with Crippen LogP contribution in [-0.4, -0.2) is 82.6 Å². The SMILES string of the molecule is C.CCCc1nc(-c2[c-]ccc(-c3cc(-c4ccc(C(C)(C)C)cc4)cc(-c4ccc(C(C)(C)C)cc4)c3)c2)n(C)n1.COCCOCCOCCOc1ccc(C2(c3ccc(C)c(C(=O)[O-])c3)c3cc(C)ccc3-c3ccc(C)cc32)cc1C(=O)[O-].[Cs+].[Cs+].[Ir].c1ccc2c(c1)c1ccccc1n2-c1ccc2sc3ccc(-n4c5ccccc5c5ccccc54)cc3c2c1. The van der Waals surface area contributed by atoms with Gasteiger partial charge in [0, 0.05) is 105 Å². The Morgan fingerprint density at radius 2 is 0.891 bits per heavy atom. The number of aromatic carboxylic acids is 2. The van der Waals surface area contributed by atoms with Gasteiger partial charge < -0.3 is 47.9 Å². The van der Waals surface area contributed by atoms with Crippen molar-refractivity contribution in [3.8, 4) is 73.0 Å². The van der Waals surface area contributed by atoms with E-state index in [9.17, 15) is 19.8 Å². The van der Waals surface area contributed by atoms with Crippen LogP contribution < -0.4 is 153 Å². The van der Waals surface area contributed by atoms with Crippen LogP contribution in [0.2, 0.25) is 0 Å². The van der Waals surface area contributed by atoms with Gasteiger partial charge in [-0.2, -0.15) is 5.10 Å². The first-order valence-electron chi connectivity index (χ1n) is 42.9. The second-order valence-corrected chi connectivity index (χ2v) is 35.7. The van der Waals surface area contributed by atoms with Crippen LogP contribution in [0.4, 0.5) is 0 Å². The van der Waals surface area contributed by atoms with Gasteiger partial charge in [-0.15, -0.1) is 46.7 Å². The number of rotatable bonds is 22. The standard InChI is InChI=1S/C38H42N3.C37H38O8.C36H22N2S.CH4.2Cs.Ir/c1-9-11-35-39-36(41(8)40-35)29-13-10-12-28(22-29)32-24-30(26-14-18-33(19-15-26)37(2,3)4)23-31(25-32)27-16-20-34(21-17-27)38(5,6)7;1-23-5-10-28-29-11-6-24(2)20-33(29)37(32(28)19-23,26-8-7-25(3)30(21-26)35(38)39)27-9-12-34(31(22-27)36(40)41)45-18-17-44-16-15-43-14-13-42-4;1-5-13-31-25(9-1)26-10-2-6-14-32(26)37(31)23-17-19-35-29(21-23)30-22-24(18-20-36(30)39-35)38-33-15-7-3-11-27(33)28-12-4-8-16-34(28)38;;;;/h10,12,14-25H,9,11H2,1-8H3;5-12,19-22H,13-18H2,1-4H3,(H,38,39)(H,40,41);1-22H;1H4;;;/q-1;;;;2*+1;/p-2. The smallest absolute Gasteiger partial charge is 0.545 e. The van der Waals surface area contributed by atoms with Crippen LogP contribution in [0.1, 0.15) is 139 Å². The van der Waals surface area contributed by atoms with E-state index >= 15 is 0 Å². The first-order chi connectivity index (χ1) is 60.4. The minimum Gasteiger partial charge on any atom is -0.545 e. The number of fused-ring (bicyclic) bond motifs is 12. The number of hydrogen-bond acceptors (Lipinski definition) is 11. The molecule has 1 aliphatic rings. The fourth-order valence-electron chi connectivity index (χ4n) is 17.8. The minimum absolute atomic E-state index is 0. The molecule has 643 valence electrons. The third-order valence-electron chi connectivity index (χ3n) is 24.1. The molecule has 13 nitrogen and oxygen atoms in total. The molecule has 0 bridgehead atoms. The summed E-state index contributed by atoms with van der Waals surface area (Å²) in [6, 6.07) is 106. The maximum absolute atomic E-state index is 12.5. The second-order valence-electron chi connectivity index (χ2n) is 34.6. The summed E-state index contributed by atoms with van der Waals surface area (Å²) in [7, 11) is 3.57. The molecule has 0 saturated carbocycles. The average Bonchev–Trinajstić information content (AvgIpc) is 1.54. The molecule has 4 aromatic heterocycles. The molecule has 18 aromatic rings. The summed E-state index contributed by atoms with van der Waals surface area (Å²) in [6.07, 6.45) is 1.90. The van der Waals surface area contributed by atoms with Crippen LogP contribution in [0, 0.1) is 26.8 Å². The first-order valence-corrected chi connectivity index (χ1v) is 43.7. The van der Waals surface area contributed by atoms with E-state index in [1.54, 1.807) is 38.3 Å². The quantitative estimate of drug-likeness (QED) is 0.0472. The molecule has 0 amide bonds. The zero-order chi connectivity index (χ0) is 87.0. The summed E-state index contributed by atoms with van der Waals surface area (Å²) >= 11 is 1.87. The van der Waals surface area contributed by atoms with Crippen LogP contribution in [0.3, 0.4) is 0 Å². The first kappa shape index (κ1) is 97.9. The Kier molecular flexibility index (Phi) is 32.0. The van der Waals surface area contributed by atoms with E-state index in [-0.39, 0.29) is 206 Å². The molecule has 0 spiro atoms. The van der Waals surface area contributed by atoms with Crippen molar-refractivity contribution in [3.63, 3.8) is 0 Å². The predicted molar refractivity (Wildman–Crippen MR) is 513 cm³/mol. The largest absolute Gasteiger partial charge is 1.00 e. The van der Waals surface area contributed by atoms with Gasteiger partial charge in [-0.1, -0.05) is 243 Å². The summed E-state index contributed by atoms with van der Waals surface area (Å²) < 4.78 is 31.0. The Hall–Kier alpha value is -8.59. The number of hydrogen-bond donors (Lipinski definition) is 0. The number of aromatic nitrogens is 5. The Bertz CT molecular complexity index is 6730. The molecule has 17 heteroatoms. The molecule has 0 aliphatic heterocycles. The Balaban J connectivity index is 0.000000163. The maximum atomic E-state index is 12.5. The van der Waals surface area contributed by atoms with Gasteiger partial charge in [-0.3, -0.25) is 9.67 Å². The zero-order valence-electron chi connectivity index (χ0n) is 75.1. The number of carbonyl (C=O) groups is 2. The van der Waals surface area contributed by atoms with Crippen molar-refractivity contribution in [2.75, 3.05) is 46.8 Å². The van der Waals surface area contributed by atoms with Crippen molar-refractivity contribution in [1.29, 1.82) is 0 Å². The van der Waals surface area contributed by atoms with Crippen LogP contribution in [-0.2, 0) is 64.0 Å². The van der Waals surface area contributed by atoms with Crippen LogP contribution in [0.5, 0.6) is 5.75 Å². The fraction of sp³-hybridized carbons (Fsp3) is 0.214. The van der Waals surface area contributed by atoms with Crippen molar-refractivity contribution in [2.45, 2.75) is 106 Å². The average molecular weight is 2140 g/mol. The Labute approximate surface area is 891 Å². The van der Waals surface area contributed by atoms with E-state index in [1.165, 1.54) is 114 Å². The molecule has 1 aliphatic carbocycles. The fourth-order valence-corrected chi connectivity index (χ4v) is 18.9. The zero-order valence-corrected chi connectivity index (χ0v) is 90.9. The molecule has 0 fully saturated rings. The van der Waals surface area contributed by atoms with Crippen molar-refractivity contribution >= 4 is 87.1 Å². The second kappa shape index (κ2) is 42.1. The number of methoxy groups -OCH3 is 1. The van der Waals surface area contributed by atoms with Gasteiger partial charge in [0.2, 0.25) is 0 Å². The molecule has 0 saturated heterocycles. The number of carboxylic acids is 2. The van der Waals surface area contributed by atoms with E-state index in [1.807, 2.05) is 67.2 Å². The van der Waals surface area contributed by atoms with Crippen molar-refractivity contribution in [1.82, 2.24) is 23.9 Å². The number of nitrogens with zero attached hydrogens (tertiary/aromatic N) is 5. The molecule has 19 rings (SSSR count). The third-order valence-corrected chi connectivity index (χ3v) is 25.3. The molecule has 1 radical (unpaired) electrons. The maximum Gasteiger partial charge on any atom is 1.00 e. The number of benzene rings is 14. The minimum atomic E-state index is -1.39. The van der Waals surface area contributed by atoms with Crippen LogP contribution in [0.15, 0.2) is 291 Å². The van der Waals surface area contributed by atoms with Gasteiger partial charge in [0.15, 0.2) is 0 Å². The molecule has 0 unspecified atom stereocenters. The molecule has 4 heterocycles. The van der Waals surface area contributed by atoms with E-state index < -0.39 is 17.4 Å². The normalized spacial score (nSPS) is 12.0. The number of thiophene rings is 1. The molecule has 0 atom stereocenters. The number of ether oxygens (including phenoxy) is 4. The number of aryl methyl sites for hydroxylation is 5. The molecule has 129 heavy (non-hydrogen) atoms. The van der Waals surface area contributed by atoms with Crippen molar-refractivity contribution in [3.05, 3.63) is 364 Å². The summed E-state index contributed by atoms with van der Waals surface area (Å²) in [4.78, 5) is 29.6. The Morgan fingerprint density at radius 1 is 0.457 bits per heavy atom. The summed E-state index contributed by atoms with van der Waals surface area (Å²) in [5, 5.41) is 37.1. The molecular formula is C112H104Cs2IrN5O8S-. The van der Waals surface area contributed by atoms with Gasteiger partial charge in [-0.05, 0) is 213 Å². The van der Waals surface area contributed by atoms with Crippen molar-refractivity contribution < 1.29 is 197 Å². The van der Waals surface area contributed by atoms with E-state index in [2.05, 4.69) is 305 Å². The summed E-state index contributed by atoms with van der Waals surface area (Å²) in [5.41, 5.74) is 25.1. The van der Waals surface area contributed by atoms with Crippen LogP contribution >= 0.6 is 11.3 Å². The molecular weight excluding hydrogens is 2030 g/mol. The summed E-state index contributed by atoms with van der Waals surface area (Å²) in [5.74, 6) is -0.784. The van der Waals surface area contributed by atoms with Gasteiger partial charge in [0.05, 0.1) is 78.3 Å². The topological polar surface area (TPSA) is 158 Å². The van der Waals surface area contributed by atoms with E-state index in [0.29, 0.717) is 43.1 Å². The Morgan fingerprint density at radius 3 is 1.34 bits per heavy atom. The van der Waals surface area contributed by atoms with E-state index in [4.69, 9.17) is 23.9 Å². The number of para-hydroxylation sites is 4.